The van der Waals surface area contributed by atoms with Gasteiger partial charge < -0.3 is 0 Å². The van der Waals surface area contributed by atoms with Gasteiger partial charge in [-0.15, -0.1) is 0 Å². The molecule has 4 aliphatic heterocycles. The summed E-state index contributed by atoms with van der Waals surface area (Å²) in [5, 5.41) is 9.52. The second kappa shape index (κ2) is 39.7. The first-order valence-corrected chi connectivity index (χ1v) is 40.6. The van der Waals surface area contributed by atoms with Gasteiger partial charge in [0.15, 0.2) is 11.6 Å². The monoisotopic (exact) mass is 1600 g/mol. The minimum absolute atomic E-state index is 0.00357. The highest BCUT2D eigenvalue weighted by Crippen LogP contribution is 2.41. The lowest BCUT2D eigenvalue weighted by Gasteiger charge is -2.39. The highest BCUT2D eigenvalue weighted by atomic mass is 16.2. The number of carbonyl (C=O) groups is 14. The van der Waals surface area contributed by atoms with Crippen molar-refractivity contribution in [3.63, 3.8) is 0 Å². The Bertz CT molecular complexity index is 5260. The zero-order valence-electron chi connectivity index (χ0n) is 66.3. The lowest BCUT2D eigenvalue weighted by molar-refractivity contribution is -0.147. The molecule has 0 aromatic heterocycles. The summed E-state index contributed by atoms with van der Waals surface area (Å²) >= 11 is 0. The number of hydrogen-bond acceptors (Lipinski definition) is 14. The Labute approximate surface area is 695 Å². The lowest BCUT2D eigenvalue weighted by atomic mass is 9.78. The van der Waals surface area contributed by atoms with Crippen molar-refractivity contribution in [3.8, 4) is 0 Å². The third kappa shape index (κ3) is 19.8. The van der Waals surface area contributed by atoms with Gasteiger partial charge in [-0.25, -0.2) is 24.1 Å². The van der Waals surface area contributed by atoms with Crippen LogP contribution in [-0.4, -0.2) is 110 Å². The molecule has 6 fully saturated rings. The Morgan fingerprint density at radius 1 is 0.308 bits per heavy atom. The van der Waals surface area contributed by atoms with E-state index in [1.807, 2.05) is 201 Å². The van der Waals surface area contributed by atoms with Gasteiger partial charge in [0.05, 0.1) is 12.2 Å². The Balaban J connectivity index is 0.000000138. The maximum atomic E-state index is 13.6. The van der Waals surface area contributed by atoms with Crippen LogP contribution in [0.4, 0.5) is 24.9 Å². The number of anilines is 1. The number of hydrogen-bond donors (Lipinski definition) is 4. The number of para-hydroxylation sites is 1. The zero-order valence-corrected chi connectivity index (χ0v) is 66.3. The average molecular weight is 1610 g/mol. The molecule has 6 atom stereocenters. The van der Waals surface area contributed by atoms with Crippen molar-refractivity contribution in [2.75, 3.05) is 4.90 Å². The fourth-order valence-corrected chi connectivity index (χ4v) is 16.9. The van der Waals surface area contributed by atoms with Crippen LogP contribution in [0, 0.1) is 30.6 Å². The molecule has 22 nitrogen and oxygen atoms in total. The summed E-state index contributed by atoms with van der Waals surface area (Å²) in [6.07, 6.45) is 9.18. The predicted octanol–water partition coefficient (Wildman–Crippen LogP) is 15.9. The number of imide groups is 8. The van der Waals surface area contributed by atoms with Crippen LogP contribution in [0.25, 0.3) is 0 Å². The van der Waals surface area contributed by atoms with E-state index in [1.54, 1.807) is 103 Å². The van der Waals surface area contributed by atoms with Crippen LogP contribution in [-0.2, 0) is 44.9 Å². The first-order valence-electron chi connectivity index (χ1n) is 40.6. The van der Waals surface area contributed by atoms with E-state index in [0.717, 1.165) is 113 Å². The molecule has 4 saturated heterocycles. The topological polar surface area (TPSA) is 300 Å². The van der Waals surface area contributed by atoms with E-state index >= 15 is 0 Å². The van der Waals surface area contributed by atoms with Gasteiger partial charge in [0, 0.05) is 59.7 Å². The minimum Gasteiger partial charge on any atom is -0.294 e. The third-order valence-corrected chi connectivity index (χ3v) is 22.9. The summed E-state index contributed by atoms with van der Waals surface area (Å²) in [6, 6.07) is 86.8. The molecule has 6 aliphatic rings. The molecule has 16 amide bonds. The van der Waals surface area contributed by atoms with E-state index in [2.05, 4.69) is 21.3 Å². The third-order valence-electron chi connectivity index (χ3n) is 22.9. The van der Waals surface area contributed by atoms with Crippen molar-refractivity contribution in [1.82, 2.24) is 36.0 Å². The standard InChI is InChI=1S/C26H28N2O4.C25H20N2O4.C24H20N2O3.C23H24N2O3/c1-17-12-14-18(15-13-17)21(16-22(29)19-8-4-2-5-9-19)23-24(30)27-26(32)28(25(23)31)20-10-6-3-7-11-20;28-21(18-12-6-2-7-13-18)16-20(17-10-4-1-5-11-17)22-23(29)26-25(31)27(24(22)30)19-14-8-3-9-15-19;27-22-21(20(18-12-6-2-7-13-18)19-14-8-3-9-15-19)23(28)26(24(29)25-22)16-17-10-4-1-5-11-17;26-21-20(22(27)25(23(28)24-21)18-14-8-3-9-15-18)19(16-10-4-1-5-11-16)17-12-6-2-7-13-17/h2,4-5,8-9,12-15,20-21,23H,3,6-7,10-11,16H2,1H3,(H,27,30,32);1-15,20,22H,16H2,(H,26,29,31);1-15,20-21H,16H2,(H,25,27,29);1-2,4-7,10-13,18-20H,3,8-9,14-15H2,(H,24,26,28). The second-order valence-corrected chi connectivity index (χ2v) is 30.6. The molecule has 6 unspecified atom stereocenters. The number of rotatable bonds is 21. The number of carbonyl (C=O) groups excluding carboxylic acids is 14. The van der Waals surface area contributed by atoms with Gasteiger partial charge in [0.25, 0.3) is 0 Å². The molecule has 10 aromatic rings. The highest BCUT2D eigenvalue weighted by molar-refractivity contribution is 6.28. The fourth-order valence-electron chi connectivity index (χ4n) is 16.9. The molecule has 2 aliphatic carbocycles. The maximum Gasteiger partial charge on any atom is 0.335 e. The van der Waals surface area contributed by atoms with Crippen LogP contribution in [0.2, 0.25) is 0 Å². The maximum absolute atomic E-state index is 13.6. The molecule has 120 heavy (non-hydrogen) atoms. The van der Waals surface area contributed by atoms with Crippen LogP contribution >= 0.6 is 0 Å². The van der Waals surface area contributed by atoms with Crippen molar-refractivity contribution in [3.05, 3.63) is 353 Å². The molecule has 0 bridgehead atoms. The van der Waals surface area contributed by atoms with E-state index in [0.29, 0.717) is 22.4 Å². The lowest BCUT2D eigenvalue weighted by Crippen LogP contribution is -2.62. The summed E-state index contributed by atoms with van der Waals surface area (Å²) in [6.45, 7) is 2.07. The minimum atomic E-state index is -1.21. The first-order chi connectivity index (χ1) is 58.3. The van der Waals surface area contributed by atoms with Crippen LogP contribution in [0.5, 0.6) is 0 Å². The van der Waals surface area contributed by atoms with Gasteiger partial charge in [-0.05, 0) is 83.7 Å². The van der Waals surface area contributed by atoms with Crippen molar-refractivity contribution in [2.24, 2.45) is 23.7 Å². The Kier molecular flexibility index (Phi) is 27.8. The van der Waals surface area contributed by atoms with Gasteiger partial charge in [-0.1, -0.05) is 329 Å². The molecule has 2 saturated carbocycles. The summed E-state index contributed by atoms with van der Waals surface area (Å²) in [7, 11) is 0. The number of barbiturate groups is 4. The van der Waals surface area contributed by atoms with E-state index in [-0.39, 0.29) is 48.9 Å². The summed E-state index contributed by atoms with van der Waals surface area (Å²) < 4.78 is 0. The summed E-state index contributed by atoms with van der Waals surface area (Å²) in [4.78, 5) is 186. The van der Waals surface area contributed by atoms with Gasteiger partial charge in [0.2, 0.25) is 47.3 Å². The second-order valence-electron chi connectivity index (χ2n) is 30.6. The van der Waals surface area contributed by atoms with Crippen molar-refractivity contribution < 1.29 is 67.1 Å². The average Bonchev–Trinajstić information content (AvgIpc) is 0.773. The SMILES string of the molecule is Cc1ccc(C(CC(=O)c2ccccc2)C2C(=O)NC(=O)N(C3CCCCC3)C2=O)cc1.O=C(CC(c1ccccc1)C1C(=O)NC(=O)N(c2ccccc2)C1=O)c1ccccc1.O=C1NC(=O)N(C2CCCCC2)C(=O)C1C(c1ccccc1)c1ccccc1.O=C1NC(=O)N(Cc2ccccc2)C(=O)C1C(c1ccccc1)c1ccccc1. The number of ketones is 2. The molecule has 16 rings (SSSR count). The van der Waals surface area contributed by atoms with E-state index in [1.165, 1.54) is 9.80 Å². The number of amides is 16. The van der Waals surface area contributed by atoms with Crippen molar-refractivity contribution in [2.45, 2.75) is 126 Å². The number of Topliss-reactive ketones (excluding diaryl/α,β-unsaturated/α-hetero) is 2. The molecule has 608 valence electrons. The summed E-state index contributed by atoms with van der Waals surface area (Å²) in [5.41, 5.74) is 8.16. The van der Waals surface area contributed by atoms with E-state index in [4.69, 9.17) is 0 Å². The van der Waals surface area contributed by atoms with Crippen LogP contribution < -0.4 is 26.2 Å². The van der Waals surface area contributed by atoms with Gasteiger partial charge >= 0.3 is 24.1 Å². The number of urea groups is 4. The van der Waals surface area contributed by atoms with Crippen molar-refractivity contribution >= 4 is 88.6 Å². The number of nitrogens with one attached hydrogen (secondary N) is 4. The first kappa shape index (κ1) is 83.9. The van der Waals surface area contributed by atoms with Crippen LogP contribution in [0.1, 0.15) is 166 Å². The van der Waals surface area contributed by atoms with E-state index in [9.17, 15) is 67.1 Å². The molecule has 4 heterocycles. The van der Waals surface area contributed by atoms with Crippen LogP contribution in [0.15, 0.2) is 297 Å². The molecule has 10 aromatic carbocycles. The Morgan fingerprint density at radius 3 is 1.00 bits per heavy atom. The molecule has 0 spiro atoms. The molecule has 0 radical (unpaired) electrons. The largest absolute Gasteiger partial charge is 0.335 e. The van der Waals surface area contributed by atoms with E-state index < -0.39 is 113 Å². The van der Waals surface area contributed by atoms with Crippen molar-refractivity contribution in [1.29, 1.82) is 0 Å². The molecule has 22 heteroatoms. The van der Waals surface area contributed by atoms with Crippen LogP contribution in [0.3, 0.4) is 0 Å². The smallest absolute Gasteiger partial charge is 0.294 e. The van der Waals surface area contributed by atoms with Gasteiger partial charge in [-0.2, -0.15) is 0 Å². The number of nitrogens with zero attached hydrogens (tertiary/aromatic N) is 4. The molecule has 4 N–H and O–H groups in total. The zero-order chi connectivity index (χ0) is 84.2. The predicted molar refractivity (Wildman–Crippen MR) is 450 cm³/mol. The quantitative estimate of drug-likeness (QED) is 0.0384. The Hall–Kier alpha value is -14.0. The molecular formula is C98H92N8O14. The number of benzene rings is 10. The Morgan fingerprint density at radius 2 is 0.608 bits per heavy atom. The van der Waals surface area contributed by atoms with Gasteiger partial charge in [-0.3, -0.25) is 83.9 Å². The van der Waals surface area contributed by atoms with Gasteiger partial charge in [0.1, 0.15) is 23.7 Å². The summed E-state index contributed by atoms with van der Waals surface area (Å²) in [5.74, 6) is -11.3. The number of aryl methyl sites for hydroxylation is 1. The molecular weight excluding hydrogens is 1510 g/mol. The highest BCUT2D eigenvalue weighted by Gasteiger charge is 2.52. The normalized spacial score (nSPS) is 19.0. The fraction of sp³-hybridized carbons (Fsp3) is 0.245.